The van der Waals surface area contributed by atoms with E-state index in [0.717, 1.165) is 19.9 Å². The fourth-order valence-electron chi connectivity index (χ4n) is 1.80. The summed E-state index contributed by atoms with van der Waals surface area (Å²) in [6, 6.07) is -3.58. The SMILES string of the molecule is CC(Nc1nc(NC(C)C(F)(F)F)nc(-c2nc(Cl)c(N)cc2F)n1)C(F)(F)F. The topological polar surface area (TPSA) is 102 Å². The van der Waals surface area contributed by atoms with Gasteiger partial charge in [-0.1, -0.05) is 11.6 Å². The molecule has 2 atom stereocenters. The lowest BCUT2D eigenvalue weighted by Gasteiger charge is -2.20. The Balaban J connectivity index is 2.54. The van der Waals surface area contributed by atoms with Crippen molar-refractivity contribution < 1.29 is 30.7 Å². The molecule has 160 valence electrons. The van der Waals surface area contributed by atoms with Crippen molar-refractivity contribution in [3.63, 3.8) is 0 Å². The van der Waals surface area contributed by atoms with E-state index in [9.17, 15) is 30.7 Å². The quantitative estimate of drug-likeness (QED) is 0.470. The molecule has 2 heterocycles. The van der Waals surface area contributed by atoms with Crippen LogP contribution in [0, 0.1) is 5.82 Å². The summed E-state index contributed by atoms with van der Waals surface area (Å²) in [6.45, 7) is 1.46. The largest absolute Gasteiger partial charge is 0.408 e. The minimum absolute atomic E-state index is 0.241. The molecule has 0 aliphatic rings. The average molecular weight is 448 g/mol. The van der Waals surface area contributed by atoms with Gasteiger partial charge in [0.2, 0.25) is 11.9 Å². The fourth-order valence-corrected chi connectivity index (χ4v) is 1.94. The van der Waals surface area contributed by atoms with Crippen molar-refractivity contribution in [2.75, 3.05) is 16.4 Å². The van der Waals surface area contributed by atoms with Gasteiger partial charge in [0.15, 0.2) is 16.8 Å². The van der Waals surface area contributed by atoms with Crippen LogP contribution in [0.4, 0.5) is 48.3 Å². The van der Waals surface area contributed by atoms with Crippen LogP contribution in [0.2, 0.25) is 5.15 Å². The third-order valence-corrected chi connectivity index (χ3v) is 3.78. The first-order valence-corrected chi connectivity index (χ1v) is 8.10. The van der Waals surface area contributed by atoms with E-state index < -0.39 is 53.7 Å². The highest BCUT2D eigenvalue weighted by atomic mass is 35.5. The summed E-state index contributed by atoms with van der Waals surface area (Å²) in [6.07, 6.45) is -9.43. The number of alkyl halides is 6. The minimum atomic E-state index is -4.71. The van der Waals surface area contributed by atoms with Crippen molar-refractivity contribution >= 4 is 29.2 Å². The van der Waals surface area contributed by atoms with E-state index in [1.165, 1.54) is 0 Å². The van der Waals surface area contributed by atoms with Crippen LogP contribution in [-0.2, 0) is 0 Å². The molecule has 0 amide bonds. The molecule has 0 saturated heterocycles. The van der Waals surface area contributed by atoms with Gasteiger partial charge in [0.05, 0.1) is 5.69 Å². The Kier molecular flexibility index (Phi) is 6.25. The summed E-state index contributed by atoms with van der Waals surface area (Å²) in [4.78, 5) is 14.3. The number of nitrogens with two attached hydrogens (primary N) is 1. The third kappa shape index (κ3) is 5.68. The van der Waals surface area contributed by atoms with Gasteiger partial charge < -0.3 is 16.4 Å². The standard InChI is InChI=1S/C14H13ClF7N7/c1-4(13(17,18)19)24-11-27-10(8-6(16)3-7(23)9(15)26-8)28-12(29-11)25-5(2)14(20,21)22/h3-5H,23H2,1-2H3,(H2,24,25,27,28,29). The molecular weight excluding hydrogens is 435 g/mol. The smallest absolute Gasteiger partial charge is 0.396 e. The molecule has 0 aliphatic carbocycles. The molecule has 7 nitrogen and oxygen atoms in total. The zero-order valence-electron chi connectivity index (χ0n) is 14.6. The van der Waals surface area contributed by atoms with E-state index >= 15 is 0 Å². The van der Waals surface area contributed by atoms with Crippen LogP contribution >= 0.6 is 11.6 Å². The summed E-state index contributed by atoms with van der Waals surface area (Å²) >= 11 is 5.70. The number of nitrogens with zero attached hydrogens (tertiary/aromatic N) is 4. The molecular formula is C14H13ClF7N7. The van der Waals surface area contributed by atoms with Gasteiger partial charge in [-0.3, -0.25) is 0 Å². The third-order valence-electron chi connectivity index (χ3n) is 3.48. The van der Waals surface area contributed by atoms with Gasteiger partial charge in [-0.2, -0.15) is 41.3 Å². The molecule has 4 N–H and O–H groups in total. The van der Waals surface area contributed by atoms with Gasteiger partial charge in [-0.05, 0) is 13.8 Å². The van der Waals surface area contributed by atoms with Gasteiger partial charge in [0, 0.05) is 6.07 Å². The maximum atomic E-state index is 14.2. The van der Waals surface area contributed by atoms with Crippen LogP contribution < -0.4 is 16.4 Å². The Morgan fingerprint density at radius 2 is 1.34 bits per heavy atom. The predicted octanol–water partition coefficient (Wildman–Crippen LogP) is 4.03. The van der Waals surface area contributed by atoms with Gasteiger partial charge in [0.1, 0.15) is 17.8 Å². The summed E-state index contributed by atoms with van der Waals surface area (Å²) < 4.78 is 90.9. The molecule has 29 heavy (non-hydrogen) atoms. The fraction of sp³-hybridized carbons (Fsp3) is 0.429. The van der Waals surface area contributed by atoms with Crippen molar-refractivity contribution in [3.8, 4) is 11.5 Å². The Morgan fingerprint density at radius 3 is 1.76 bits per heavy atom. The van der Waals surface area contributed by atoms with E-state index in [1.54, 1.807) is 0 Å². The summed E-state index contributed by atoms with van der Waals surface area (Å²) in [5, 5.41) is 3.38. The monoisotopic (exact) mass is 447 g/mol. The highest BCUT2D eigenvalue weighted by Gasteiger charge is 2.38. The zero-order chi connectivity index (χ0) is 22.1. The molecule has 2 unspecified atom stereocenters. The van der Waals surface area contributed by atoms with Gasteiger partial charge in [-0.15, -0.1) is 0 Å². The molecule has 0 saturated carbocycles. The number of halogens is 8. The second kappa shape index (κ2) is 8.00. The molecule has 15 heteroatoms. The minimum Gasteiger partial charge on any atom is -0.396 e. The normalized spacial score (nSPS) is 14.4. The maximum Gasteiger partial charge on any atom is 0.408 e. The molecule has 0 radical (unpaired) electrons. The number of pyridine rings is 1. The van der Waals surface area contributed by atoms with E-state index in [4.69, 9.17) is 17.3 Å². The summed E-state index contributed by atoms with van der Waals surface area (Å²) in [5.41, 5.74) is 4.51. The number of anilines is 3. The van der Waals surface area contributed by atoms with Gasteiger partial charge in [-0.25, -0.2) is 9.37 Å². The Labute approximate surface area is 163 Å². The Bertz CT molecular complexity index is 848. The number of nitrogens with one attached hydrogen (secondary N) is 2. The lowest BCUT2D eigenvalue weighted by Crippen LogP contribution is -2.35. The van der Waals surface area contributed by atoms with Crippen LogP contribution in [0.25, 0.3) is 11.5 Å². The molecule has 2 rings (SSSR count). The number of nitrogen functional groups attached to an aromatic ring is 1. The van der Waals surface area contributed by atoms with E-state index in [-0.39, 0.29) is 10.8 Å². The summed E-state index contributed by atoms with van der Waals surface area (Å²) in [5.74, 6) is -3.27. The van der Waals surface area contributed by atoms with Crippen LogP contribution in [-0.4, -0.2) is 44.4 Å². The first kappa shape index (κ1) is 22.6. The zero-order valence-corrected chi connectivity index (χ0v) is 15.4. The van der Waals surface area contributed by atoms with Crippen molar-refractivity contribution in [3.05, 3.63) is 17.0 Å². The maximum absolute atomic E-state index is 14.2. The molecule has 2 aromatic heterocycles. The average Bonchev–Trinajstić information content (AvgIpc) is 2.56. The molecule has 0 bridgehead atoms. The highest BCUT2D eigenvalue weighted by Crippen LogP contribution is 2.28. The van der Waals surface area contributed by atoms with Crippen LogP contribution in [0.5, 0.6) is 0 Å². The van der Waals surface area contributed by atoms with Gasteiger partial charge >= 0.3 is 12.4 Å². The first-order valence-electron chi connectivity index (χ1n) is 7.73. The molecule has 0 fully saturated rings. The lowest BCUT2D eigenvalue weighted by atomic mass is 10.3. The highest BCUT2D eigenvalue weighted by molar-refractivity contribution is 6.31. The van der Waals surface area contributed by atoms with E-state index in [0.29, 0.717) is 0 Å². The second-order valence-corrected chi connectivity index (χ2v) is 6.18. The summed E-state index contributed by atoms with van der Waals surface area (Å²) in [7, 11) is 0. The van der Waals surface area contributed by atoms with Crippen LogP contribution in [0.1, 0.15) is 13.8 Å². The Morgan fingerprint density at radius 1 is 0.897 bits per heavy atom. The molecule has 0 aliphatic heterocycles. The van der Waals surface area contributed by atoms with Crippen LogP contribution in [0.15, 0.2) is 6.07 Å². The van der Waals surface area contributed by atoms with Crippen molar-refractivity contribution in [1.82, 2.24) is 19.9 Å². The number of hydrogen-bond acceptors (Lipinski definition) is 7. The Hall–Kier alpha value is -2.64. The second-order valence-electron chi connectivity index (χ2n) is 5.82. The van der Waals surface area contributed by atoms with Crippen molar-refractivity contribution in [2.24, 2.45) is 0 Å². The van der Waals surface area contributed by atoms with Gasteiger partial charge in [0.25, 0.3) is 0 Å². The van der Waals surface area contributed by atoms with Crippen molar-refractivity contribution in [2.45, 2.75) is 38.3 Å². The van der Waals surface area contributed by atoms with E-state index in [1.807, 2.05) is 10.6 Å². The first-order chi connectivity index (χ1) is 13.2. The number of aromatic nitrogens is 4. The lowest BCUT2D eigenvalue weighted by molar-refractivity contribution is -0.139. The number of hydrogen-bond donors (Lipinski definition) is 3. The molecule has 0 aromatic carbocycles. The predicted molar refractivity (Wildman–Crippen MR) is 90.7 cm³/mol. The molecule has 2 aromatic rings. The van der Waals surface area contributed by atoms with Crippen molar-refractivity contribution in [1.29, 1.82) is 0 Å². The number of rotatable bonds is 5. The van der Waals surface area contributed by atoms with E-state index in [2.05, 4.69) is 19.9 Å². The molecule has 0 spiro atoms. The van der Waals surface area contributed by atoms with Crippen LogP contribution in [0.3, 0.4) is 0 Å².